The number of hydrogen-bond acceptors (Lipinski definition) is 5. The average molecular weight is 397 g/mol. The molecular formula is C23H27NO5. The van der Waals surface area contributed by atoms with E-state index in [1.165, 1.54) is 0 Å². The Kier molecular flexibility index (Phi) is 7.64. The number of carbonyl (C=O) groups excluding carboxylic acids is 2. The number of hydrogen-bond donors (Lipinski definition) is 1. The van der Waals surface area contributed by atoms with Gasteiger partial charge in [0.15, 0.2) is 6.10 Å². The van der Waals surface area contributed by atoms with Gasteiger partial charge in [0.2, 0.25) is 0 Å². The van der Waals surface area contributed by atoms with Gasteiger partial charge >= 0.3 is 5.97 Å². The molecular weight excluding hydrogens is 370 g/mol. The van der Waals surface area contributed by atoms with E-state index in [-0.39, 0.29) is 12.0 Å². The summed E-state index contributed by atoms with van der Waals surface area (Å²) in [4.78, 5) is 24.4. The van der Waals surface area contributed by atoms with E-state index < -0.39 is 12.1 Å². The summed E-state index contributed by atoms with van der Waals surface area (Å²) in [5, 5.41) is 2.79. The van der Waals surface area contributed by atoms with E-state index in [9.17, 15) is 9.59 Å². The molecule has 0 radical (unpaired) electrons. The molecule has 0 aromatic heterocycles. The summed E-state index contributed by atoms with van der Waals surface area (Å²) in [6.07, 6.45) is 2.07. The van der Waals surface area contributed by atoms with Crippen LogP contribution in [0.1, 0.15) is 35.7 Å². The Balaban J connectivity index is 1.40. The molecule has 1 N–H and O–H groups in total. The van der Waals surface area contributed by atoms with E-state index in [1.807, 2.05) is 30.3 Å². The molecule has 0 saturated carbocycles. The van der Waals surface area contributed by atoms with Crippen molar-refractivity contribution in [2.45, 2.75) is 38.4 Å². The van der Waals surface area contributed by atoms with Crippen LogP contribution >= 0.6 is 0 Å². The predicted molar refractivity (Wildman–Crippen MR) is 109 cm³/mol. The summed E-state index contributed by atoms with van der Waals surface area (Å²) in [6, 6.07) is 16.6. The first kappa shape index (κ1) is 20.9. The molecule has 154 valence electrons. The van der Waals surface area contributed by atoms with Crippen molar-refractivity contribution < 1.29 is 23.8 Å². The molecule has 3 rings (SSSR count). The maximum Gasteiger partial charge on any atom is 0.338 e. The number of esters is 1. The van der Waals surface area contributed by atoms with Crippen molar-refractivity contribution in [3.05, 3.63) is 65.7 Å². The molecule has 0 bridgehead atoms. The molecule has 6 heteroatoms. The zero-order valence-corrected chi connectivity index (χ0v) is 16.6. The molecule has 0 aliphatic carbocycles. The lowest BCUT2D eigenvalue weighted by Crippen LogP contribution is -2.36. The van der Waals surface area contributed by atoms with Crippen LogP contribution in [0.5, 0.6) is 5.75 Å². The second-order valence-corrected chi connectivity index (χ2v) is 7.04. The molecule has 1 fully saturated rings. The maximum absolute atomic E-state index is 12.3. The second kappa shape index (κ2) is 10.6. The highest BCUT2D eigenvalue weighted by atomic mass is 16.5. The lowest BCUT2D eigenvalue weighted by Gasteiger charge is -2.14. The first-order chi connectivity index (χ1) is 14.1. The van der Waals surface area contributed by atoms with E-state index in [0.29, 0.717) is 24.5 Å². The van der Waals surface area contributed by atoms with Gasteiger partial charge in [-0.05, 0) is 56.0 Å². The van der Waals surface area contributed by atoms with Gasteiger partial charge in [0.05, 0.1) is 11.7 Å². The molecule has 1 saturated heterocycles. The standard InChI is InChI=1S/C23H27NO5/c1-17(22(25)24-14-13-18-6-3-2-4-7-18)29-23(26)19-9-11-20(12-10-19)28-16-21-8-5-15-27-21/h2-4,6-7,9-12,17,21H,5,8,13-16H2,1H3,(H,24,25)/t17-,21-/m0/s1. The minimum absolute atomic E-state index is 0.140. The minimum atomic E-state index is -0.867. The molecule has 2 atom stereocenters. The highest BCUT2D eigenvalue weighted by molar-refractivity contribution is 5.92. The van der Waals surface area contributed by atoms with Gasteiger partial charge in [0.25, 0.3) is 5.91 Å². The topological polar surface area (TPSA) is 73.9 Å². The van der Waals surface area contributed by atoms with Crippen LogP contribution in [0.15, 0.2) is 54.6 Å². The molecule has 1 aliphatic rings. The molecule has 1 aliphatic heterocycles. The SMILES string of the molecule is C[C@H](OC(=O)c1ccc(OC[C@@H]2CCCO2)cc1)C(=O)NCCc1ccccc1. The highest BCUT2D eigenvalue weighted by Gasteiger charge is 2.19. The van der Waals surface area contributed by atoms with E-state index in [2.05, 4.69) is 5.32 Å². The Hall–Kier alpha value is -2.86. The van der Waals surface area contributed by atoms with E-state index >= 15 is 0 Å². The van der Waals surface area contributed by atoms with Crippen LogP contribution in [0.25, 0.3) is 0 Å². The van der Waals surface area contributed by atoms with Gasteiger partial charge in [-0.3, -0.25) is 4.79 Å². The van der Waals surface area contributed by atoms with Gasteiger partial charge in [-0.2, -0.15) is 0 Å². The Morgan fingerprint density at radius 1 is 1.14 bits per heavy atom. The van der Waals surface area contributed by atoms with Crippen molar-refractivity contribution in [1.82, 2.24) is 5.32 Å². The molecule has 6 nitrogen and oxygen atoms in total. The maximum atomic E-state index is 12.3. The molecule has 0 unspecified atom stereocenters. The van der Waals surface area contributed by atoms with Gasteiger partial charge in [-0.25, -0.2) is 4.79 Å². The quantitative estimate of drug-likeness (QED) is 0.658. The smallest absolute Gasteiger partial charge is 0.338 e. The Bertz CT molecular complexity index is 785. The first-order valence-corrected chi connectivity index (χ1v) is 9.99. The van der Waals surface area contributed by atoms with Crippen molar-refractivity contribution in [2.75, 3.05) is 19.8 Å². The molecule has 1 heterocycles. The van der Waals surface area contributed by atoms with Gasteiger partial charge in [-0.1, -0.05) is 30.3 Å². The second-order valence-electron chi connectivity index (χ2n) is 7.04. The predicted octanol–water partition coefficient (Wildman–Crippen LogP) is 3.15. The van der Waals surface area contributed by atoms with Crippen molar-refractivity contribution in [2.24, 2.45) is 0 Å². The molecule has 0 spiro atoms. The number of rotatable bonds is 9. The van der Waals surface area contributed by atoms with Crippen LogP contribution in [-0.2, 0) is 20.7 Å². The minimum Gasteiger partial charge on any atom is -0.491 e. The fraction of sp³-hybridized carbons (Fsp3) is 0.391. The van der Waals surface area contributed by atoms with Crippen LogP contribution in [0.4, 0.5) is 0 Å². The monoisotopic (exact) mass is 397 g/mol. The van der Waals surface area contributed by atoms with Crippen LogP contribution in [0.2, 0.25) is 0 Å². The number of benzene rings is 2. The van der Waals surface area contributed by atoms with Crippen LogP contribution in [0, 0.1) is 0 Å². The van der Waals surface area contributed by atoms with Gasteiger partial charge < -0.3 is 19.5 Å². The normalized spacial score (nSPS) is 16.8. The Morgan fingerprint density at radius 2 is 1.90 bits per heavy atom. The zero-order chi connectivity index (χ0) is 20.5. The fourth-order valence-corrected chi connectivity index (χ4v) is 3.05. The summed E-state index contributed by atoms with van der Waals surface area (Å²) in [6.45, 7) is 3.34. The highest BCUT2D eigenvalue weighted by Crippen LogP contribution is 2.17. The lowest BCUT2D eigenvalue weighted by atomic mass is 10.1. The summed E-state index contributed by atoms with van der Waals surface area (Å²) < 4.78 is 16.5. The average Bonchev–Trinajstić information content (AvgIpc) is 3.27. The first-order valence-electron chi connectivity index (χ1n) is 9.99. The van der Waals surface area contributed by atoms with Crippen molar-refractivity contribution in [1.29, 1.82) is 0 Å². The summed E-state index contributed by atoms with van der Waals surface area (Å²) in [5.41, 5.74) is 1.51. The Morgan fingerprint density at radius 3 is 2.59 bits per heavy atom. The van der Waals surface area contributed by atoms with Gasteiger partial charge in [0, 0.05) is 13.2 Å². The number of nitrogens with one attached hydrogen (secondary N) is 1. The lowest BCUT2D eigenvalue weighted by molar-refractivity contribution is -0.129. The van der Waals surface area contributed by atoms with Gasteiger partial charge in [0.1, 0.15) is 12.4 Å². The van der Waals surface area contributed by atoms with E-state index in [0.717, 1.165) is 31.4 Å². The Labute approximate surface area is 171 Å². The summed E-state index contributed by atoms with van der Waals surface area (Å²) in [7, 11) is 0. The largest absolute Gasteiger partial charge is 0.491 e. The van der Waals surface area contributed by atoms with E-state index in [1.54, 1.807) is 31.2 Å². The molecule has 1 amide bonds. The third-order valence-electron chi connectivity index (χ3n) is 4.76. The number of ether oxygens (including phenoxy) is 3. The van der Waals surface area contributed by atoms with Crippen molar-refractivity contribution >= 4 is 11.9 Å². The third-order valence-corrected chi connectivity index (χ3v) is 4.76. The summed E-state index contributed by atoms with van der Waals surface area (Å²) in [5.74, 6) is -0.184. The molecule has 2 aromatic carbocycles. The summed E-state index contributed by atoms with van der Waals surface area (Å²) >= 11 is 0. The molecule has 29 heavy (non-hydrogen) atoms. The molecule has 2 aromatic rings. The van der Waals surface area contributed by atoms with Gasteiger partial charge in [-0.15, -0.1) is 0 Å². The van der Waals surface area contributed by atoms with Crippen molar-refractivity contribution in [3.63, 3.8) is 0 Å². The van der Waals surface area contributed by atoms with E-state index in [4.69, 9.17) is 14.2 Å². The number of carbonyl (C=O) groups is 2. The fourth-order valence-electron chi connectivity index (χ4n) is 3.05. The van der Waals surface area contributed by atoms with Crippen LogP contribution in [-0.4, -0.2) is 43.8 Å². The van der Waals surface area contributed by atoms with Crippen molar-refractivity contribution in [3.8, 4) is 5.75 Å². The third kappa shape index (κ3) is 6.61. The van der Waals surface area contributed by atoms with Crippen LogP contribution < -0.4 is 10.1 Å². The number of amides is 1. The zero-order valence-electron chi connectivity index (χ0n) is 16.6. The van der Waals surface area contributed by atoms with Crippen LogP contribution in [0.3, 0.4) is 0 Å².